The van der Waals surface area contributed by atoms with Crippen molar-refractivity contribution in [2.45, 2.75) is 25.3 Å². The van der Waals surface area contributed by atoms with Crippen LogP contribution >= 0.6 is 0 Å². The maximum absolute atomic E-state index is 14.1. The molecule has 3 saturated carbocycles. The van der Waals surface area contributed by atoms with Gasteiger partial charge < -0.3 is 5.73 Å². The molecule has 21 heavy (non-hydrogen) atoms. The van der Waals surface area contributed by atoms with Crippen LogP contribution in [0.2, 0.25) is 0 Å². The van der Waals surface area contributed by atoms with Gasteiger partial charge >= 0.3 is 0 Å². The first-order valence-electron chi connectivity index (χ1n) is 7.57. The number of rotatable bonds is 2. The van der Waals surface area contributed by atoms with E-state index in [-0.39, 0.29) is 5.82 Å². The zero-order valence-corrected chi connectivity index (χ0v) is 11.5. The fourth-order valence-electron chi connectivity index (χ4n) is 4.89. The summed E-state index contributed by atoms with van der Waals surface area (Å²) in [5.74, 6) is 3.26. The van der Waals surface area contributed by atoms with Crippen LogP contribution in [-0.4, -0.2) is 20.2 Å². The van der Waals surface area contributed by atoms with E-state index in [1.807, 2.05) is 4.68 Å². The van der Waals surface area contributed by atoms with Crippen LogP contribution in [0.4, 0.5) is 10.1 Å². The lowest BCUT2D eigenvalue weighted by molar-refractivity contribution is 0.426. The molecule has 0 amide bonds. The SMILES string of the molecule is Nc1ccc(-c2nnnn2C2C3C4CCC(C4)C32)c(F)c1. The molecule has 1 aromatic heterocycles. The standard InChI is InChI=1S/C15H16FN5/c16-11-6-9(17)3-4-10(11)15-18-19-20-21(15)14-12-7-1-2-8(5-7)13(12)14/h3-4,6-8,12-14H,1-2,5,17H2. The second-order valence-corrected chi connectivity index (χ2v) is 6.66. The van der Waals surface area contributed by atoms with Crippen molar-refractivity contribution < 1.29 is 4.39 Å². The van der Waals surface area contributed by atoms with E-state index in [1.54, 1.807) is 12.1 Å². The molecule has 4 unspecified atom stereocenters. The average molecular weight is 285 g/mol. The molecule has 1 aromatic carbocycles. The topological polar surface area (TPSA) is 69.6 Å². The summed E-state index contributed by atoms with van der Waals surface area (Å²) >= 11 is 0. The summed E-state index contributed by atoms with van der Waals surface area (Å²) in [4.78, 5) is 0. The maximum atomic E-state index is 14.1. The molecule has 1 heterocycles. The van der Waals surface area contributed by atoms with E-state index >= 15 is 0 Å². The molecule has 0 spiro atoms. The van der Waals surface area contributed by atoms with Crippen molar-refractivity contribution in [3.8, 4) is 11.4 Å². The van der Waals surface area contributed by atoms with Crippen LogP contribution in [0, 0.1) is 29.5 Å². The Morgan fingerprint density at radius 1 is 1.19 bits per heavy atom. The third-order valence-electron chi connectivity index (χ3n) is 5.70. The number of fused-ring (bicyclic) bond motifs is 5. The minimum Gasteiger partial charge on any atom is -0.399 e. The molecule has 4 atom stereocenters. The predicted molar refractivity (Wildman–Crippen MR) is 74.5 cm³/mol. The van der Waals surface area contributed by atoms with Crippen LogP contribution in [0.1, 0.15) is 25.3 Å². The number of aromatic nitrogens is 4. The van der Waals surface area contributed by atoms with Crippen LogP contribution in [0.3, 0.4) is 0 Å². The molecule has 3 fully saturated rings. The van der Waals surface area contributed by atoms with E-state index in [4.69, 9.17) is 5.73 Å². The van der Waals surface area contributed by atoms with Crippen molar-refractivity contribution >= 4 is 5.69 Å². The quantitative estimate of drug-likeness (QED) is 0.859. The molecule has 0 aliphatic heterocycles. The third kappa shape index (κ3) is 1.47. The fourth-order valence-corrected chi connectivity index (χ4v) is 4.89. The van der Waals surface area contributed by atoms with Gasteiger partial charge in [0.15, 0.2) is 5.82 Å². The van der Waals surface area contributed by atoms with Crippen LogP contribution < -0.4 is 5.73 Å². The number of tetrazole rings is 1. The molecule has 3 aliphatic carbocycles. The van der Waals surface area contributed by atoms with Crippen molar-refractivity contribution in [3.05, 3.63) is 24.0 Å². The maximum Gasteiger partial charge on any atom is 0.185 e. The average Bonchev–Trinajstić information content (AvgIpc) is 2.88. The molecule has 108 valence electrons. The van der Waals surface area contributed by atoms with Crippen molar-refractivity contribution in [1.82, 2.24) is 20.2 Å². The van der Waals surface area contributed by atoms with Gasteiger partial charge in [-0.25, -0.2) is 9.07 Å². The zero-order chi connectivity index (χ0) is 14.1. The summed E-state index contributed by atoms with van der Waals surface area (Å²) in [6.07, 6.45) is 4.06. The van der Waals surface area contributed by atoms with E-state index in [1.165, 1.54) is 25.3 Å². The highest BCUT2D eigenvalue weighted by molar-refractivity contribution is 5.59. The Bertz CT molecular complexity index is 711. The molecular formula is C15H16FN5. The van der Waals surface area contributed by atoms with E-state index in [9.17, 15) is 4.39 Å². The molecule has 2 N–H and O–H groups in total. The number of hydrogen-bond acceptors (Lipinski definition) is 4. The monoisotopic (exact) mass is 285 g/mol. The summed E-state index contributed by atoms with van der Waals surface area (Å²) in [5.41, 5.74) is 6.46. The summed E-state index contributed by atoms with van der Waals surface area (Å²) in [5, 5.41) is 12.0. The molecule has 2 bridgehead atoms. The van der Waals surface area contributed by atoms with Gasteiger partial charge in [0.25, 0.3) is 0 Å². The van der Waals surface area contributed by atoms with Gasteiger partial charge in [-0.2, -0.15) is 0 Å². The van der Waals surface area contributed by atoms with Crippen molar-refractivity contribution in [1.29, 1.82) is 0 Å². The molecule has 5 rings (SSSR count). The van der Waals surface area contributed by atoms with Gasteiger partial charge in [0.2, 0.25) is 0 Å². The Kier molecular flexibility index (Phi) is 2.11. The largest absolute Gasteiger partial charge is 0.399 e. The first-order chi connectivity index (χ1) is 10.2. The van der Waals surface area contributed by atoms with Crippen molar-refractivity contribution in [2.24, 2.45) is 23.7 Å². The fraction of sp³-hybridized carbons (Fsp3) is 0.533. The summed E-state index contributed by atoms with van der Waals surface area (Å²) < 4.78 is 16.0. The Hall–Kier alpha value is -1.98. The number of halogens is 1. The van der Waals surface area contributed by atoms with Gasteiger partial charge in [-0.1, -0.05) is 0 Å². The molecular weight excluding hydrogens is 269 g/mol. The van der Waals surface area contributed by atoms with Crippen LogP contribution in [0.25, 0.3) is 11.4 Å². The lowest BCUT2D eigenvalue weighted by Crippen LogP contribution is -2.09. The van der Waals surface area contributed by atoms with Gasteiger partial charge in [0.05, 0.1) is 11.6 Å². The highest BCUT2D eigenvalue weighted by atomic mass is 19.1. The highest BCUT2D eigenvalue weighted by Crippen LogP contribution is 2.71. The first kappa shape index (κ1) is 11.7. The predicted octanol–water partition coefficient (Wildman–Crippen LogP) is 2.28. The highest BCUT2D eigenvalue weighted by Gasteiger charge is 2.66. The molecule has 2 aromatic rings. The first-order valence-corrected chi connectivity index (χ1v) is 7.57. The number of nitrogens with zero attached hydrogens (tertiary/aromatic N) is 4. The summed E-state index contributed by atoms with van der Waals surface area (Å²) in [6, 6.07) is 5.05. The zero-order valence-electron chi connectivity index (χ0n) is 11.5. The third-order valence-corrected chi connectivity index (χ3v) is 5.70. The van der Waals surface area contributed by atoms with Crippen molar-refractivity contribution in [3.63, 3.8) is 0 Å². The second kappa shape index (κ2) is 3.81. The smallest absolute Gasteiger partial charge is 0.185 e. The molecule has 0 saturated heterocycles. The number of nitrogen functional groups attached to an aromatic ring is 1. The normalized spacial score (nSPS) is 36.0. The molecule has 3 aliphatic rings. The molecule has 0 radical (unpaired) electrons. The number of anilines is 1. The van der Waals surface area contributed by atoms with Crippen molar-refractivity contribution in [2.75, 3.05) is 5.73 Å². The minimum atomic E-state index is -0.361. The summed E-state index contributed by atoms with van der Waals surface area (Å²) in [6.45, 7) is 0. The Balaban J connectivity index is 1.55. The van der Waals surface area contributed by atoms with E-state index in [0.717, 1.165) is 11.8 Å². The van der Waals surface area contributed by atoms with E-state index in [2.05, 4.69) is 15.5 Å². The van der Waals surface area contributed by atoms with Gasteiger partial charge in [-0.15, -0.1) is 5.10 Å². The van der Waals surface area contributed by atoms with Gasteiger partial charge in [-0.05, 0) is 71.6 Å². The Morgan fingerprint density at radius 2 is 1.95 bits per heavy atom. The lowest BCUT2D eigenvalue weighted by atomic mass is 10.0. The van der Waals surface area contributed by atoms with E-state index in [0.29, 0.717) is 35.0 Å². The Morgan fingerprint density at radius 3 is 2.67 bits per heavy atom. The number of nitrogens with two attached hydrogens (primary N) is 1. The van der Waals surface area contributed by atoms with Crippen LogP contribution in [0.5, 0.6) is 0 Å². The lowest BCUT2D eigenvalue weighted by Gasteiger charge is -2.10. The van der Waals surface area contributed by atoms with Crippen LogP contribution in [-0.2, 0) is 0 Å². The van der Waals surface area contributed by atoms with Gasteiger partial charge in [0.1, 0.15) is 5.82 Å². The second-order valence-electron chi connectivity index (χ2n) is 6.66. The number of benzene rings is 1. The van der Waals surface area contributed by atoms with Crippen LogP contribution in [0.15, 0.2) is 18.2 Å². The minimum absolute atomic E-state index is 0.361. The molecule has 5 nitrogen and oxygen atoms in total. The number of hydrogen-bond donors (Lipinski definition) is 1. The van der Waals surface area contributed by atoms with Gasteiger partial charge in [0, 0.05) is 5.69 Å². The van der Waals surface area contributed by atoms with Gasteiger partial charge in [-0.3, -0.25) is 0 Å². The van der Waals surface area contributed by atoms with E-state index < -0.39 is 0 Å². The molecule has 6 heteroatoms. The Labute approximate surface area is 121 Å². The summed E-state index contributed by atoms with van der Waals surface area (Å²) in [7, 11) is 0.